The van der Waals surface area contributed by atoms with E-state index in [-0.39, 0.29) is 31.7 Å². The molecular formula is C22H26N2O5. The number of rotatable bonds is 7. The van der Waals surface area contributed by atoms with Gasteiger partial charge >= 0.3 is 6.03 Å². The Morgan fingerprint density at radius 3 is 1.90 bits per heavy atom. The summed E-state index contributed by atoms with van der Waals surface area (Å²) in [5, 5.41) is 6.10. The van der Waals surface area contributed by atoms with Crippen molar-refractivity contribution in [2.24, 2.45) is 0 Å². The van der Waals surface area contributed by atoms with Crippen molar-refractivity contribution >= 4 is 6.03 Å². The average molecular weight is 398 g/mol. The molecule has 4 rings (SSSR count). The Bertz CT molecular complexity index is 826. The molecule has 0 fully saturated rings. The first-order valence-electron chi connectivity index (χ1n) is 9.95. The van der Waals surface area contributed by atoms with Crippen LogP contribution in [0.4, 0.5) is 4.79 Å². The van der Waals surface area contributed by atoms with Crippen LogP contribution in [0.5, 0.6) is 23.0 Å². The lowest BCUT2D eigenvalue weighted by Gasteiger charge is -2.21. The van der Waals surface area contributed by atoms with Crippen LogP contribution in [0.2, 0.25) is 0 Å². The van der Waals surface area contributed by atoms with Gasteiger partial charge in [0.25, 0.3) is 0 Å². The van der Waals surface area contributed by atoms with E-state index in [0.29, 0.717) is 12.8 Å². The number of carbonyl (C=O) groups is 1. The Morgan fingerprint density at radius 2 is 1.38 bits per heavy atom. The quantitative estimate of drug-likeness (QED) is 0.748. The molecule has 0 radical (unpaired) electrons. The lowest BCUT2D eigenvalue weighted by molar-refractivity contribution is 0.173. The summed E-state index contributed by atoms with van der Waals surface area (Å²) >= 11 is 0. The van der Waals surface area contributed by atoms with Gasteiger partial charge in [0.15, 0.2) is 23.0 Å². The van der Waals surface area contributed by atoms with E-state index in [0.717, 1.165) is 40.5 Å². The van der Waals surface area contributed by atoms with Crippen LogP contribution in [-0.2, 0) is 12.8 Å². The summed E-state index contributed by atoms with van der Waals surface area (Å²) in [6.45, 7) is 4.52. The summed E-state index contributed by atoms with van der Waals surface area (Å²) in [6.07, 6.45) is 2.21. The molecule has 0 saturated carbocycles. The van der Waals surface area contributed by atoms with E-state index in [9.17, 15) is 4.79 Å². The van der Waals surface area contributed by atoms with Crippen LogP contribution in [-0.4, -0.2) is 31.7 Å². The van der Waals surface area contributed by atoms with Crippen molar-refractivity contribution in [3.63, 3.8) is 0 Å². The molecule has 2 aromatic carbocycles. The number of hydrogen-bond donors (Lipinski definition) is 2. The SMILES string of the molecule is CC[C@H](C)NC(=O)NC(Cc1ccc2c(c1)OCO2)Cc1ccc2c(c1)OCO2. The molecular weight excluding hydrogens is 372 g/mol. The van der Waals surface area contributed by atoms with E-state index in [1.54, 1.807) is 0 Å². The van der Waals surface area contributed by atoms with Gasteiger partial charge in [0.1, 0.15) is 0 Å². The first-order chi connectivity index (χ1) is 14.1. The molecule has 0 aromatic heterocycles. The van der Waals surface area contributed by atoms with Gasteiger partial charge in [0.2, 0.25) is 13.6 Å². The Morgan fingerprint density at radius 1 is 0.862 bits per heavy atom. The van der Waals surface area contributed by atoms with Crippen LogP contribution in [0, 0.1) is 0 Å². The smallest absolute Gasteiger partial charge is 0.315 e. The first kappa shape index (κ1) is 19.2. The van der Waals surface area contributed by atoms with Crippen LogP contribution in [0.25, 0.3) is 0 Å². The largest absolute Gasteiger partial charge is 0.454 e. The second-order valence-corrected chi connectivity index (χ2v) is 7.41. The molecule has 0 saturated heterocycles. The fraction of sp³-hybridized carbons (Fsp3) is 0.409. The highest BCUT2D eigenvalue weighted by molar-refractivity contribution is 5.74. The van der Waals surface area contributed by atoms with Crippen LogP contribution < -0.4 is 29.6 Å². The van der Waals surface area contributed by atoms with Gasteiger partial charge in [-0.1, -0.05) is 19.1 Å². The van der Waals surface area contributed by atoms with Gasteiger partial charge < -0.3 is 29.6 Å². The maximum Gasteiger partial charge on any atom is 0.315 e. The van der Waals surface area contributed by atoms with Crippen molar-refractivity contribution in [3.8, 4) is 23.0 Å². The van der Waals surface area contributed by atoms with E-state index >= 15 is 0 Å². The molecule has 0 aliphatic carbocycles. The number of amides is 2. The minimum absolute atomic E-state index is 0.0974. The van der Waals surface area contributed by atoms with E-state index < -0.39 is 0 Å². The van der Waals surface area contributed by atoms with Crippen LogP contribution >= 0.6 is 0 Å². The molecule has 0 spiro atoms. The fourth-order valence-electron chi connectivity index (χ4n) is 3.43. The Hall–Kier alpha value is -3.09. The normalized spacial score (nSPS) is 14.7. The third-order valence-corrected chi connectivity index (χ3v) is 5.16. The highest BCUT2D eigenvalue weighted by Gasteiger charge is 2.20. The van der Waals surface area contributed by atoms with Crippen molar-refractivity contribution < 1.29 is 23.7 Å². The standard InChI is InChI=1S/C22H26N2O5/c1-3-14(2)23-22(25)24-17(8-15-4-6-18-20(10-15)28-12-26-18)9-16-5-7-19-21(11-16)29-13-27-19/h4-7,10-11,14,17H,3,8-9,12-13H2,1-2H3,(H2,23,24,25)/t14-/m0/s1. The zero-order valence-corrected chi connectivity index (χ0v) is 16.7. The Labute approximate surface area is 170 Å². The maximum absolute atomic E-state index is 12.5. The Kier molecular flexibility index (Phi) is 5.64. The molecule has 29 heavy (non-hydrogen) atoms. The van der Waals surface area contributed by atoms with Crippen molar-refractivity contribution in [2.75, 3.05) is 13.6 Å². The van der Waals surface area contributed by atoms with E-state index in [1.807, 2.05) is 50.2 Å². The van der Waals surface area contributed by atoms with Gasteiger partial charge in [-0.05, 0) is 61.6 Å². The number of ether oxygens (including phenoxy) is 4. The van der Waals surface area contributed by atoms with Crippen LogP contribution in [0.1, 0.15) is 31.4 Å². The predicted octanol–water partition coefficient (Wildman–Crippen LogP) is 3.40. The number of nitrogens with one attached hydrogen (secondary N) is 2. The Balaban J connectivity index is 1.49. The van der Waals surface area contributed by atoms with Crippen molar-refractivity contribution in [2.45, 2.75) is 45.2 Å². The minimum Gasteiger partial charge on any atom is -0.454 e. The number of benzene rings is 2. The molecule has 2 aliphatic heterocycles. The van der Waals surface area contributed by atoms with Gasteiger partial charge in [-0.25, -0.2) is 4.79 Å². The molecule has 0 unspecified atom stereocenters. The summed E-state index contributed by atoms with van der Waals surface area (Å²) in [5.74, 6) is 2.99. The van der Waals surface area contributed by atoms with Gasteiger partial charge in [-0.3, -0.25) is 0 Å². The third kappa shape index (κ3) is 4.67. The lowest BCUT2D eigenvalue weighted by Crippen LogP contribution is -2.46. The monoisotopic (exact) mass is 398 g/mol. The van der Waals surface area contributed by atoms with E-state index in [1.165, 1.54) is 0 Å². The van der Waals surface area contributed by atoms with Gasteiger partial charge in [-0.2, -0.15) is 0 Å². The van der Waals surface area contributed by atoms with Crippen LogP contribution in [0.15, 0.2) is 36.4 Å². The molecule has 2 amide bonds. The van der Waals surface area contributed by atoms with Gasteiger partial charge in [0.05, 0.1) is 0 Å². The first-order valence-corrected chi connectivity index (χ1v) is 9.95. The second-order valence-electron chi connectivity index (χ2n) is 7.41. The summed E-state index contributed by atoms with van der Waals surface area (Å²) in [7, 11) is 0. The highest BCUT2D eigenvalue weighted by Crippen LogP contribution is 2.34. The van der Waals surface area contributed by atoms with Crippen molar-refractivity contribution in [3.05, 3.63) is 47.5 Å². The van der Waals surface area contributed by atoms with Gasteiger partial charge in [-0.15, -0.1) is 0 Å². The molecule has 2 aromatic rings. The lowest BCUT2D eigenvalue weighted by atomic mass is 9.98. The topological polar surface area (TPSA) is 78.1 Å². The average Bonchev–Trinajstić information content (AvgIpc) is 3.35. The highest BCUT2D eigenvalue weighted by atomic mass is 16.7. The summed E-state index contributed by atoms with van der Waals surface area (Å²) in [4.78, 5) is 12.5. The molecule has 154 valence electrons. The molecule has 2 aliphatic rings. The van der Waals surface area contributed by atoms with Crippen LogP contribution in [0.3, 0.4) is 0 Å². The van der Waals surface area contributed by atoms with E-state index in [4.69, 9.17) is 18.9 Å². The molecule has 2 heterocycles. The number of urea groups is 1. The van der Waals surface area contributed by atoms with Crippen molar-refractivity contribution in [1.29, 1.82) is 0 Å². The minimum atomic E-state index is -0.161. The number of carbonyl (C=O) groups excluding carboxylic acids is 1. The second kappa shape index (κ2) is 8.51. The molecule has 1 atom stereocenters. The summed E-state index contributed by atoms with van der Waals surface area (Å²) in [5.41, 5.74) is 2.15. The third-order valence-electron chi connectivity index (χ3n) is 5.16. The molecule has 7 nitrogen and oxygen atoms in total. The molecule has 0 bridgehead atoms. The zero-order valence-electron chi connectivity index (χ0n) is 16.7. The van der Waals surface area contributed by atoms with Crippen molar-refractivity contribution in [1.82, 2.24) is 10.6 Å². The van der Waals surface area contributed by atoms with E-state index in [2.05, 4.69) is 10.6 Å². The summed E-state index contributed by atoms with van der Waals surface area (Å²) < 4.78 is 21.7. The zero-order chi connectivity index (χ0) is 20.2. The number of fused-ring (bicyclic) bond motifs is 2. The fourth-order valence-corrected chi connectivity index (χ4v) is 3.43. The van der Waals surface area contributed by atoms with Gasteiger partial charge in [0, 0.05) is 12.1 Å². The number of hydrogen-bond acceptors (Lipinski definition) is 5. The maximum atomic E-state index is 12.5. The predicted molar refractivity (Wildman–Crippen MR) is 108 cm³/mol. The summed E-state index contributed by atoms with van der Waals surface area (Å²) in [6, 6.07) is 11.6. The molecule has 7 heteroatoms. The molecule has 2 N–H and O–H groups in total.